The second kappa shape index (κ2) is 70.5. The molecule has 0 aromatic heterocycles. The smallest absolute Gasteiger partial charge is 0.306 e. The van der Waals surface area contributed by atoms with E-state index < -0.39 is 26.5 Å². The van der Waals surface area contributed by atoms with Crippen LogP contribution in [0, 0.1) is 0 Å². The van der Waals surface area contributed by atoms with Gasteiger partial charge >= 0.3 is 11.9 Å². The van der Waals surface area contributed by atoms with Crippen LogP contribution in [0.1, 0.15) is 361 Å². The Morgan fingerprint density at radius 2 is 0.633 bits per heavy atom. The molecule has 2 unspecified atom stereocenters. The summed E-state index contributed by atoms with van der Waals surface area (Å²) in [6.07, 6.45) is 96.9. The first kappa shape index (κ1) is 87.2. The summed E-state index contributed by atoms with van der Waals surface area (Å²) < 4.78 is 34.4. The quantitative estimate of drug-likeness (QED) is 0.0195. The van der Waals surface area contributed by atoms with Crippen molar-refractivity contribution < 1.29 is 42.1 Å². The summed E-state index contributed by atoms with van der Waals surface area (Å²) in [7, 11) is 1.18. The lowest BCUT2D eigenvalue weighted by atomic mass is 10.0. The van der Waals surface area contributed by atoms with E-state index in [0.29, 0.717) is 17.4 Å². The number of ether oxygens (including phenoxy) is 2. The van der Waals surface area contributed by atoms with Crippen LogP contribution in [0.5, 0.6) is 0 Å². The Morgan fingerprint density at radius 3 is 0.956 bits per heavy atom. The topological polar surface area (TPSA) is 111 Å². The molecular weight excluding hydrogens is 1130 g/mol. The van der Waals surface area contributed by atoms with Crippen molar-refractivity contribution in [3.63, 3.8) is 0 Å². The van der Waals surface area contributed by atoms with Crippen molar-refractivity contribution in [2.75, 3.05) is 47.5 Å². The molecule has 0 rings (SSSR count). The number of nitrogens with zero attached hydrogens (tertiary/aromatic N) is 1. The van der Waals surface area contributed by atoms with Gasteiger partial charge in [0.25, 0.3) is 7.82 Å². The molecule has 0 bridgehead atoms. The van der Waals surface area contributed by atoms with E-state index in [4.69, 9.17) is 18.5 Å². The van der Waals surface area contributed by atoms with Crippen LogP contribution in [-0.2, 0) is 32.7 Å². The van der Waals surface area contributed by atoms with Crippen molar-refractivity contribution in [3.8, 4) is 0 Å². The molecule has 0 saturated carbocycles. The second-order valence-corrected chi connectivity index (χ2v) is 28.4. The zero-order chi connectivity index (χ0) is 65.5. The molecule has 0 aromatic carbocycles. The SMILES string of the molecule is CC/C=C\C/C=C\C/C=C\C/C=C\C/C=C\C/C=C\CCCCCCCCCCCCCCCCC(=O)OC(COC(=O)CCCCCCCCCCCCCCCCCCCCCCC/C=C\CCCCCCCCCC)COP(=O)([O-])OCC[N+](C)(C)C. The third kappa shape index (κ3) is 74.2. The van der Waals surface area contributed by atoms with Gasteiger partial charge in [0, 0.05) is 12.8 Å². The minimum Gasteiger partial charge on any atom is -0.756 e. The van der Waals surface area contributed by atoms with E-state index in [1.54, 1.807) is 0 Å². The van der Waals surface area contributed by atoms with E-state index in [-0.39, 0.29) is 32.0 Å². The number of phosphoric ester groups is 1. The molecule has 0 amide bonds. The van der Waals surface area contributed by atoms with Gasteiger partial charge in [0.05, 0.1) is 27.7 Å². The van der Waals surface area contributed by atoms with E-state index in [1.807, 2.05) is 21.1 Å². The molecule has 0 aliphatic heterocycles. The Hall–Kier alpha value is -2.81. The highest BCUT2D eigenvalue weighted by Crippen LogP contribution is 2.38. The maximum atomic E-state index is 12.9. The van der Waals surface area contributed by atoms with Crippen LogP contribution >= 0.6 is 7.82 Å². The number of allylic oxidation sites excluding steroid dienone is 14. The predicted molar refractivity (Wildman–Crippen MR) is 388 cm³/mol. The van der Waals surface area contributed by atoms with Gasteiger partial charge in [-0.05, 0) is 89.9 Å². The summed E-state index contributed by atoms with van der Waals surface area (Å²) in [5.74, 6) is -0.819. The molecular formula is C80H146NO8P. The number of hydrogen-bond donors (Lipinski definition) is 0. The fourth-order valence-electron chi connectivity index (χ4n) is 11.1. The minimum atomic E-state index is -4.65. The molecule has 0 heterocycles. The molecule has 524 valence electrons. The molecule has 0 aliphatic carbocycles. The first-order valence-electron chi connectivity index (χ1n) is 38.3. The van der Waals surface area contributed by atoms with Crippen LogP contribution in [0.25, 0.3) is 0 Å². The van der Waals surface area contributed by atoms with E-state index in [2.05, 4.69) is 98.9 Å². The highest BCUT2D eigenvalue weighted by Gasteiger charge is 2.22. The predicted octanol–water partition coefficient (Wildman–Crippen LogP) is 24.6. The Labute approximate surface area is 558 Å². The lowest BCUT2D eigenvalue weighted by molar-refractivity contribution is -0.870. The fourth-order valence-corrected chi connectivity index (χ4v) is 11.8. The van der Waals surface area contributed by atoms with E-state index >= 15 is 0 Å². The zero-order valence-electron chi connectivity index (χ0n) is 59.8. The summed E-state index contributed by atoms with van der Waals surface area (Å²) in [5.41, 5.74) is 0. The molecule has 0 aliphatic rings. The number of esters is 2. The van der Waals surface area contributed by atoms with E-state index in [9.17, 15) is 19.0 Å². The maximum Gasteiger partial charge on any atom is 0.306 e. The Balaban J connectivity index is 3.98. The Kier molecular flexibility index (Phi) is 68.3. The van der Waals surface area contributed by atoms with Gasteiger partial charge in [-0.2, -0.15) is 0 Å². The monoisotopic (exact) mass is 1280 g/mol. The van der Waals surface area contributed by atoms with Gasteiger partial charge in [-0.15, -0.1) is 0 Å². The molecule has 90 heavy (non-hydrogen) atoms. The summed E-state index contributed by atoms with van der Waals surface area (Å²) in [6.45, 7) is 4.18. The number of phosphoric acid groups is 1. The normalized spacial score (nSPS) is 13.5. The third-order valence-corrected chi connectivity index (χ3v) is 17.9. The zero-order valence-corrected chi connectivity index (χ0v) is 60.7. The average Bonchev–Trinajstić information content (AvgIpc) is 3.58. The maximum absolute atomic E-state index is 12.9. The van der Waals surface area contributed by atoms with Crippen LogP contribution in [-0.4, -0.2) is 70.0 Å². The van der Waals surface area contributed by atoms with Crippen molar-refractivity contribution >= 4 is 19.8 Å². The standard InChI is InChI=1S/C80H146NO8P/c1-6-8-10-12-14-16-18-20-22-24-26-28-30-32-34-36-38-40-42-44-46-48-50-52-54-56-58-60-62-64-66-68-70-72-79(82)86-76-78(77-88-90(84,85)87-75-74-81(3,4)5)89-80(83)73-71-69-67-65-63-61-59-57-55-53-51-49-47-45-43-41-39-37-35-33-31-29-27-25-23-21-19-17-15-13-11-9-7-2/h9,11,15,17,21,23-24,26-27,29,33,35,39,41,78H,6-8,10,12-14,16,18-20,22,25,28,30-32,34,36-38,40,42-77H2,1-5H3/b11-9-,17-15-,23-21-,26-24-,29-27-,35-33-,41-39-. The summed E-state index contributed by atoms with van der Waals surface area (Å²) in [6, 6.07) is 0. The lowest BCUT2D eigenvalue weighted by Gasteiger charge is -2.28. The molecule has 0 N–H and O–H groups in total. The van der Waals surface area contributed by atoms with Gasteiger partial charge in [-0.3, -0.25) is 14.2 Å². The minimum absolute atomic E-state index is 0.0315. The molecule has 0 fully saturated rings. The van der Waals surface area contributed by atoms with Crippen molar-refractivity contribution in [1.29, 1.82) is 0 Å². The first-order valence-corrected chi connectivity index (χ1v) is 39.8. The van der Waals surface area contributed by atoms with Crippen LogP contribution < -0.4 is 4.89 Å². The summed E-state index contributed by atoms with van der Waals surface area (Å²) in [5, 5.41) is 0. The molecule has 0 aromatic rings. The van der Waals surface area contributed by atoms with Gasteiger partial charge in [0.1, 0.15) is 19.8 Å². The summed E-state index contributed by atoms with van der Waals surface area (Å²) in [4.78, 5) is 38.1. The number of rotatable bonds is 71. The van der Waals surface area contributed by atoms with Crippen LogP contribution in [0.4, 0.5) is 0 Å². The molecule has 10 heteroatoms. The fraction of sp³-hybridized carbons (Fsp3) is 0.800. The highest BCUT2D eigenvalue weighted by molar-refractivity contribution is 7.45. The van der Waals surface area contributed by atoms with Crippen molar-refractivity contribution in [2.24, 2.45) is 0 Å². The van der Waals surface area contributed by atoms with Gasteiger partial charge < -0.3 is 27.9 Å². The van der Waals surface area contributed by atoms with E-state index in [0.717, 1.165) is 77.0 Å². The second-order valence-electron chi connectivity index (χ2n) is 27.0. The number of carbonyl (C=O) groups is 2. The number of quaternary nitrogens is 1. The van der Waals surface area contributed by atoms with Crippen LogP contribution in [0.2, 0.25) is 0 Å². The Bertz CT molecular complexity index is 1800. The van der Waals surface area contributed by atoms with Crippen molar-refractivity contribution in [3.05, 3.63) is 85.1 Å². The molecule has 0 radical (unpaired) electrons. The number of hydrogen-bond acceptors (Lipinski definition) is 8. The van der Waals surface area contributed by atoms with Gasteiger partial charge in [0.15, 0.2) is 6.10 Å². The molecule has 0 saturated heterocycles. The van der Waals surface area contributed by atoms with Gasteiger partial charge in [-0.25, -0.2) is 0 Å². The Morgan fingerprint density at radius 1 is 0.356 bits per heavy atom. The highest BCUT2D eigenvalue weighted by atomic mass is 31.2. The largest absolute Gasteiger partial charge is 0.756 e. The molecule has 0 spiro atoms. The molecule has 9 nitrogen and oxygen atoms in total. The van der Waals surface area contributed by atoms with Gasteiger partial charge in [0.2, 0.25) is 0 Å². The summed E-state index contributed by atoms with van der Waals surface area (Å²) >= 11 is 0. The van der Waals surface area contributed by atoms with Gasteiger partial charge in [-0.1, -0.05) is 343 Å². The van der Waals surface area contributed by atoms with Crippen molar-refractivity contribution in [1.82, 2.24) is 0 Å². The average molecular weight is 1280 g/mol. The third-order valence-electron chi connectivity index (χ3n) is 16.9. The van der Waals surface area contributed by atoms with Crippen LogP contribution in [0.3, 0.4) is 0 Å². The van der Waals surface area contributed by atoms with Crippen molar-refractivity contribution in [2.45, 2.75) is 367 Å². The number of unbranched alkanes of at least 4 members (excludes halogenated alkanes) is 43. The number of likely N-dealkylation sites (N-methyl/N-ethyl adjacent to an activating group) is 1. The number of carbonyl (C=O) groups excluding carboxylic acids is 2. The van der Waals surface area contributed by atoms with E-state index in [1.165, 1.54) is 250 Å². The lowest BCUT2D eigenvalue weighted by Crippen LogP contribution is -2.37. The van der Waals surface area contributed by atoms with Crippen LogP contribution in [0.15, 0.2) is 85.1 Å². The first-order chi connectivity index (χ1) is 44.0. The molecule has 2 atom stereocenters.